The number of hydrogen-bond acceptors (Lipinski definition) is 4. The molecule has 7 nitrogen and oxygen atoms in total. The van der Waals surface area contributed by atoms with Crippen molar-refractivity contribution in [2.75, 3.05) is 10.8 Å². The van der Waals surface area contributed by atoms with Crippen molar-refractivity contribution in [3.63, 3.8) is 0 Å². The van der Waals surface area contributed by atoms with Gasteiger partial charge in [-0.1, -0.05) is 96.0 Å². The van der Waals surface area contributed by atoms with E-state index >= 15 is 0 Å². The summed E-state index contributed by atoms with van der Waals surface area (Å²) < 4.78 is 29.4. The van der Waals surface area contributed by atoms with Crippen molar-refractivity contribution in [3.05, 3.63) is 130 Å². The Labute approximate surface area is 271 Å². The summed E-state index contributed by atoms with van der Waals surface area (Å²) in [5.41, 5.74) is 2.93. The number of hydrogen-bond donors (Lipinski definition) is 1. The molecule has 0 aliphatic heterocycles. The number of halogens is 1. The lowest BCUT2D eigenvalue weighted by atomic mass is 10.0. The van der Waals surface area contributed by atoms with Gasteiger partial charge < -0.3 is 10.2 Å². The molecule has 0 heterocycles. The van der Waals surface area contributed by atoms with Gasteiger partial charge in [-0.2, -0.15) is 0 Å². The Hall–Kier alpha value is -4.14. The Morgan fingerprint density at radius 1 is 0.822 bits per heavy atom. The van der Waals surface area contributed by atoms with Gasteiger partial charge in [0.15, 0.2) is 0 Å². The highest BCUT2D eigenvalue weighted by Gasteiger charge is 2.36. The molecular formula is C36H40ClN3O4S. The maximum Gasteiger partial charge on any atom is 0.264 e. The minimum Gasteiger partial charge on any atom is -0.350 e. The third-order valence-electron chi connectivity index (χ3n) is 7.32. The van der Waals surface area contributed by atoms with Crippen LogP contribution in [0.25, 0.3) is 0 Å². The topological polar surface area (TPSA) is 86.8 Å². The van der Waals surface area contributed by atoms with Crippen LogP contribution in [0.15, 0.2) is 108 Å². The number of aryl methyl sites for hydroxylation is 1. The molecule has 0 fully saturated rings. The molecule has 1 atom stereocenters. The third-order valence-corrected chi connectivity index (χ3v) is 9.51. The number of nitrogens with zero attached hydrogens (tertiary/aromatic N) is 2. The van der Waals surface area contributed by atoms with Crippen LogP contribution in [-0.4, -0.2) is 43.3 Å². The number of nitrogens with one attached hydrogen (secondary N) is 1. The van der Waals surface area contributed by atoms with Crippen LogP contribution in [0.2, 0.25) is 5.02 Å². The molecule has 4 rings (SSSR count). The zero-order chi connectivity index (χ0) is 32.8. The molecule has 45 heavy (non-hydrogen) atoms. The minimum absolute atomic E-state index is 0.0359. The number of carbonyl (C=O) groups excluding carboxylic acids is 2. The van der Waals surface area contributed by atoms with Gasteiger partial charge in [-0.15, -0.1) is 0 Å². The Morgan fingerprint density at radius 3 is 2.04 bits per heavy atom. The Bertz CT molecular complexity index is 1740. The van der Waals surface area contributed by atoms with Gasteiger partial charge in [0.25, 0.3) is 10.0 Å². The summed E-state index contributed by atoms with van der Waals surface area (Å²) in [6.07, 6.45) is 0.238. The lowest BCUT2D eigenvalue weighted by Gasteiger charge is -2.35. The van der Waals surface area contributed by atoms with E-state index in [0.29, 0.717) is 10.6 Å². The lowest BCUT2D eigenvalue weighted by Crippen LogP contribution is -2.56. The molecule has 2 amide bonds. The first-order chi connectivity index (χ1) is 21.3. The van der Waals surface area contributed by atoms with E-state index in [1.54, 1.807) is 43.3 Å². The maximum absolute atomic E-state index is 14.6. The predicted molar refractivity (Wildman–Crippen MR) is 181 cm³/mol. The van der Waals surface area contributed by atoms with Gasteiger partial charge in [0.2, 0.25) is 11.8 Å². The number of carbonyl (C=O) groups is 2. The van der Waals surface area contributed by atoms with Crippen molar-refractivity contribution >= 4 is 39.1 Å². The predicted octanol–water partition coefficient (Wildman–Crippen LogP) is 6.71. The van der Waals surface area contributed by atoms with Gasteiger partial charge in [-0.3, -0.25) is 13.9 Å². The fraction of sp³-hybridized carbons (Fsp3) is 0.278. The highest BCUT2D eigenvalue weighted by atomic mass is 35.5. The van der Waals surface area contributed by atoms with Crippen LogP contribution in [0.5, 0.6) is 0 Å². The summed E-state index contributed by atoms with van der Waals surface area (Å²) in [6, 6.07) is 29.2. The van der Waals surface area contributed by atoms with Gasteiger partial charge in [-0.25, -0.2) is 8.42 Å². The average molecular weight is 646 g/mol. The third kappa shape index (κ3) is 8.74. The molecule has 4 aromatic rings. The molecule has 4 aromatic carbocycles. The number of rotatable bonds is 11. The minimum atomic E-state index is -4.21. The maximum atomic E-state index is 14.6. The van der Waals surface area contributed by atoms with E-state index in [1.807, 2.05) is 82.3 Å². The second-order valence-corrected chi connectivity index (χ2v) is 14.4. The smallest absolute Gasteiger partial charge is 0.264 e. The number of benzene rings is 4. The fourth-order valence-electron chi connectivity index (χ4n) is 5.11. The Balaban J connectivity index is 1.84. The van der Waals surface area contributed by atoms with E-state index in [4.69, 9.17) is 11.6 Å². The standard InChI is InChI=1S/C36H40ClN3O4S/c1-26-14-12-17-29(22-26)24-39(33(35(42)38-36(3,4)5)23-28-15-8-6-9-16-28)34(41)25-40(32-21-13-20-31(37)27(32)2)45(43,44)30-18-10-7-11-19-30/h6-22,33H,23-25H2,1-5H3,(H,38,42). The van der Waals surface area contributed by atoms with E-state index in [0.717, 1.165) is 21.0 Å². The van der Waals surface area contributed by atoms with Gasteiger partial charge >= 0.3 is 0 Å². The van der Waals surface area contributed by atoms with Gasteiger partial charge in [-0.05, 0) is 75.6 Å². The van der Waals surface area contributed by atoms with Crippen molar-refractivity contribution in [2.45, 2.75) is 64.1 Å². The van der Waals surface area contributed by atoms with Crippen LogP contribution in [0, 0.1) is 13.8 Å². The van der Waals surface area contributed by atoms with Gasteiger partial charge in [0.1, 0.15) is 12.6 Å². The van der Waals surface area contributed by atoms with Crippen LogP contribution < -0.4 is 9.62 Å². The lowest BCUT2D eigenvalue weighted by molar-refractivity contribution is -0.140. The Morgan fingerprint density at radius 2 is 1.42 bits per heavy atom. The molecule has 0 spiro atoms. The SMILES string of the molecule is Cc1cccc(CN(C(=O)CN(c2cccc(Cl)c2C)S(=O)(=O)c2ccccc2)C(Cc2ccccc2)C(=O)NC(C)(C)C)c1. The molecule has 0 saturated carbocycles. The molecule has 0 aliphatic rings. The largest absolute Gasteiger partial charge is 0.350 e. The summed E-state index contributed by atoms with van der Waals surface area (Å²) in [5, 5.41) is 3.42. The first-order valence-corrected chi connectivity index (χ1v) is 16.6. The molecule has 1 unspecified atom stereocenters. The number of amides is 2. The van der Waals surface area contributed by atoms with Crippen molar-refractivity contribution in [3.8, 4) is 0 Å². The number of sulfonamides is 1. The average Bonchev–Trinajstić information content (AvgIpc) is 2.99. The second kappa shape index (κ2) is 14.3. The van der Waals surface area contributed by atoms with Crippen molar-refractivity contribution < 1.29 is 18.0 Å². The molecule has 1 N–H and O–H groups in total. The molecule has 0 bridgehead atoms. The first kappa shape index (κ1) is 33.7. The van der Waals surface area contributed by atoms with Crippen molar-refractivity contribution in [1.82, 2.24) is 10.2 Å². The highest BCUT2D eigenvalue weighted by molar-refractivity contribution is 7.92. The van der Waals surface area contributed by atoms with E-state index in [9.17, 15) is 18.0 Å². The zero-order valence-electron chi connectivity index (χ0n) is 26.3. The molecule has 0 aromatic heterocycles. The summed E-state index contributed by atoms with van der Waals surface area (Å²) in [5.74, 6) is -0.857. The van der Waals surface area contributed by atoms with Gasteiger partial charge in [0.05, 0.1) is 10.6 Å². The molecule has 0 radical (unpaired) electrons. The first-order valence-electron chi connectivity index (χ1n) is 14.8. The summed E-state index contributed by atoms with van der Waals surface area (Å²) >= 11 is 6.45. The zero-order valence-corrected chi connectivity index (χ0v) is 27.9. The normalized spacial score (nSPS) is 12.3. The monoisotopic (exact) mass is 645 g/mol. The van der Waals surface area contributed by atoms with Crippen molar-refractivity contribution in [2.24, 2.45) is 0 Å². The summed E-state index contributed by atoms with van der Waals surface area (Å²) in [4.78, 5) is 30.1. The molecule has 9 heteroatoms. The molecule has 236 valence electrons. The summed E-state index contributed by atoms with van der Waals surface area (Å²) in [6.45, 7) is 8.88. The van der Waals surface area contributed by atoms with Crippen LogP contribution >= 0.6 is 11.6 Å². The van der Waals surface area contributed by atoms with E-state index in [2.05, 4.69) is 5.32 Å². The molecule has 0 aliphatic carbocycles. The van der Waals surface area contributed by atoms with Crippen LogP contribution in [0.1, 0.15) is 43.0 Å². The number of anilines is 1. The quantitative estimate of drug-likeness (QED) is 0.197. The highest BCUT2D eigenvalue weighted by Crippen LogP contribution is 2.31. The second-order valence-electron chi connectivity index (χ2n) is 12.2. The van der Waals surface area contributed by atoms with E-state index in [-0.39, 0.29) is 29.5 Å². The van der Waals surface area contributed by atoms with Crippen LogP contribution in [0.4, 0.5) is 5.69 Å². The van der Waals surface area contributed by atoms with Crippen LogP contribution in [-0.2, 0) is 32.6 Å². The molecular weight excluding hydrogens is 606 g/mol. The Kier molecular flexibility index (Phi) is 10.7. The summed E-state index contributed by atoms with van der Waals surface area (Å²) in [7, 11) is -4.21. The van der Waals surface area contributed by atoms with Gasteiger partial charge in [0, 0.05) is 23.5 Å². The van der Waals surface area contributed by atoms with Crippen molar-refractivity contribution in [1.29, 1.82) is 0 Å². The molecule has 0 saturated heterocycles. The van der Waals surface area contributed by atoms with Crippen LogP contribution in [0.3, 0.4) is 0 Å². The fourth-order valence-corrected chi connectivity index (χ4v) is 6.78. The van der Waals surface area contributed by atoms with E-state index < -0.39 is 34.1 Å². The van der Waals surface area contributed by atoms with E-state index in [1.165, 1.54) is 17.0 Å².